The van der Waals surface area contributed by atoms with Crippen molar-refractivity contribution in [1.29, 1.82) is 0 Å². The highest BCUT2D eigenvalue weighted by Gasteiger charge is 2.18. The quantitative estimate of drug-likeness (QED) is 0.456. The molecule has 0 aliphatic carbocycles. The molecule has 0 bridgehead atoms. The van der Waals surface area contributed by atoms with Crippen molar-refractivity contribution in [2.45, 2.75) is 6.92 Å². The Morgan fingerprint density at radius 2 is 1.70 bits per heavy atom. The molecule has 2 aromatic heterocycles. The summed E-state index contributed by atoms with van der Waals surface area (Å²) in [5.41, 5.74) is 4.68. The van der Waals surface area contributed by atoms with E-state index in [9.17, 15) is 9.59 Å². The monoisotopic (exact) mass is 411 g/mol. The van der Waals surface area contributed by atoms with Gasteiger partial charge in [0.15, 0.2) is 0 Å². The minimum atomic E-state index is -0.364. The van der Waals surface area contributed by atoms with Crippen molar-refractivity contribution in [3.05, 3.63) is 99.9 Å². The zero-order chi connectivity index (χ0) is 20.7. The second-order valence-corrected chi connectivity index (χ2v) is 8.21. The molecule has 1 N–H and O–H groups in total. The van der Waals surface area contributed by atoms with Crippen molar-refractivity contribution in [1.82, 2.24) is 9.66 Å². The van der Waals surface area contributed by atoms with Gasteiger partial charge < -0.3 is 0 Å². The number of aromatic nitrogens is 2. The van der Waals surface area contributed by atoms with Gasteiger partial charge in [0.2, 0.25) is 0 Å². The topological polar surface area (TPSA) is 64.0 Å². The lowest BCUT2D eigenvalue weighted by Gasteiger charge is -2.09. The van der Waals surface area contributed by atoms with Crippen molar-refractivity contribution >= 4 is 38.2 Å². The normalized spacial score (nSPS) is 11.1. The first kappa shape index (κ1) is 18.3. The van der Waals surface area contributed by atoms with Crippen LogP contribution >= 0.6 is 11.3 Å². The zero-order valence-corrected chi connectivity index (χ0v) is 16.9. The fourth-order valence-corrected chi connectivity index (χ4v) is 4.64. The number of hydrogen-bond donors (Lipinski definition) is 1. The fourth-order valence-electron chi connectivity index (χ4n) is 3.64. The molecule has 0 aliphatic rings. The number of rotatable bonds is 3. The van der Waals surface area contributed by atoms with Crippen LogP contribution < -0.4 is 11.0 Å². The molecule has 30 heavy (non-hydrogen) atoms. The highest BCUT2D eigenvalue weighted by atomic mass is 32.1. The highest BCUT2D eigenvalue weighted by molar-refractivity contribution is 7.19. The van der Waals surface area contributed by atoms with Crippen molar-refractivity contribution in [3.8, 4) is 11.1 Å². The highest BCUT2D eigenvalue weighted by Crippen LogP contribution is 2.35. The maximum absolute atomic E-state index is 13.2. The molecule has 0 radical (unpaired) electrons. The van der Waals surface area contributed by atoms with E-state index >= 15 is 0 Å². The van der Waals surface area contributed by atoms with Crippen LogP contribution in [0.2, 0.25) is 0 Å². The average Bonchev–Trinajstić information content (AvgIpc) is 3.12. The molecule has 0 fully saturated rings. The van der Waals surface area contributed by atoms with Gasteiger partial charge in [0.05, 0.1) is 5.39 Å². The lowest BCUT2D eigenvalue weighted by Crippen LogP contribution is -2.33. The van der Waals surface area contributed by atoms with E-state index in [0.717, 1.165) is 26.8 Å². The van der Waals surface area contributed by atoms with Crippen LogP contribution in [0.3, 0.4) is 0 Å². The van der Waals surface area contributed by atoms with Crippen molar-refractivity contribution in [2.75, 3.05) is 5.43 Å². The van der Waals surface area contributed by atoms with Gasteiger partial charge in [-0.15, -0.1) is 11.3 Å². The van der Waals surface area contributed by atoms with Gasteiger partial charge in [-0.25, -0.2) is 9.66 Å². The molecular formula is C24H17N3O2S. The van der Waals surface area contributed by atoms with Gasteiger partial charge in [-0.2, -0.15) is 0 Å². The van der Waals surface area contributed by atoms with Crippen LogP contribution in [0.25, 0.3) is 32.1 Å². The number of carbonyl (C=O) groups excluding carboxylic acids is 1. The van der Waals surface area contributed by atoms with Crippen molar-refractivity contribution < 1.29 is 4.79 Å². The van der Waals surface area contributed by atoms with Crippen molar-refractivity contribution in [2.24, 2.45) is 0 Å². The summed E-state index contributed by atoms with van der Waals surface area (Å²) >= 11 is 1.48. The number of aryl methyl sites for hydroxylation is 1. The third-order valence-corrected chi connectivity index (χ3v) is 6.10. The van der Waals surface area contributed by atoms with Crippen LogP contribution in [-0.4, -0.2) is 15.6 Å². The summed E-state index contributed by atoms with van der Waals surface area (Å²) in [7, 11) is 0. The SMILES string of the molecule is Cc1sc2ncn(NC(=O)c3ccc4ccccc4c3)c(=O)c2c1-c1ccccc1. The number of nitrogens with one attached hydrogen (secondary N) is 1. The molecule has 0 saturated heterocycles. The maximum Gasteiger partial charge on any atom is 0.281 e. The molecule has 2 heterocycles. The van der Waals surface area contributed by atoms with Crippen LogP contribution in [-0.2, 0) is 0 Å². The number of carbonyl (C=O) groups is 1. The molecule has 0 saturated carbocycles. The number of benzene rings is 3. The van der Waals surface area contributed by atoms with E-state index in [1.807, 2.05) is 73.7 Å². The summed E-state index contributed by atoms with van der Waals surface area (Å²) in [5.74, 6) is -0.364. The van der Waals surface area contributed by atoms with E-state index in [1.54, 1.807) is 6.07 Å². The van der Waals surface area contributed by atoms with Crippen LogP contribution in [0.5, 0.6) is 0 Å². The van der Waals surface area contributed by atoms with E-state index in [-0.39, 0.29) is 11.5 Å². The van der Waals surface area contributed by atoms with Gasteiger partial charge in [-0.05, 0) is 35.4 Å². The predicted molar refractivity (Wildman–Crippen MR) is 122 cm³/mol. The summed E-state index contributed by atoms with van der Waals surface area (Å²) in [5, 5.41) is 2.53. The number of fused-ring (bicyclic) bond motifs is 2. The molecule has 5 rings (SSSR count). The first-order valence-electron chi connectivity index (χ1n) is 9.48. The van der Waals surface area contributed by atoms with Gasteiger partial charge in [0.1, 0.15) is 11.2 Å². The van der Waals surface area contributed by atoms with E-state index in [4.69, 9.17) is 0 Å². The molecule has 1 amide bonds. The molecule has 5 aromatic rings. The lowest BCUT2D eigenvalue weighted by atomic mass is 10.0. The molecule has 0 aliphatic heterocycles. The number of amides is 1. The predicted octanol–water partition coefficient (Wildman–Crippen LogP) is 4.97. The van der Waals surface area contributed by atoms with Crippen LogP contribution in [0.1, 0.15) is 15.2 Å². The molecule has 5 nitrogen and oxygen atoms in total. The van der Waals surface area contributed by atoms with Crippen LogP contribution in [0.4, 0.5) is 0 Å². The third-order valence-electron chi connectivity index (χ3n) is 5.08. The minimum Gasteiger partial charge on any atom is -0.267 e. The average molecular weight is 411 g/mol. The molecule has 3 aromatic carbocycles. The smallest absolute Gasteiger partial charge is 0.267 e. The molecule has 0 atom stereocenters. The van der Waals surface area contributed by atoms with E-state index in [2.05, 4.69) is 10.4 Å². The Hall–Kier alpha value is -3.77. The van der Waals surface area contributed by atoms with Crippen molar-refractivity contribution in [3.63, 3.8) is 0 Å². The Bertz CT molecular complexity index is 1470. The van der Waals surface area contributed by atoms with Gasteiger partial charge in [0.25, 0.3) is 11.5 Å². The van der Waals surface area contributed by atoms with E-state index in [0.29, 0.717) is 15.8 Å². The van der Waals surface area contributed by atoms with Gasteiger partial charge in [-0.1, -0.05) is 60.7 Å². The Morgan fingerprint density at radius 1 is 0.967 bits per heavy atom. The second-order valence-electron chi connectivity index (χ2n) is 7.00. The van der Waals surface area contributed by atoms with Crippen LogP contribution in [0, 0.1) is 6.92 Å². The Kier molecular flexibility index (Phi) is 4.41. The lowest BCUT2D eigenvalue weighted by molar-refractivity contribution is 0.101. The molecule has 6 heteroatoms. The van der Waals surface area contributed by atoms with E-state index < -0.39 is 0 Å². The van der Waals surface area contributed by atoms with E-state index in [1.165, 1.54) is 22.3 Å². The summed E-state index contributed by atoms with van der Waals surface area (Å²) in [6.45, 7) is 1.98. The summed E-state index contributed by atoms with van der Waals surface area (Å²) in [4.78, 5) is 32.1. The van der Waals surface area contributed by atoms with Crippen LogP contribution in [0.15, 0.2) is 83.9 Å². The number of thiophene rings is 1. The molecule has 0 spiro atoms. The molecule has 0 unspecified atom stereocenters. The number of nitrogens with zero attached hydrogens (tertiary/aromatic N) is 2. The van der Waals surface area contributed by atoms with Gasteiger partial charge in [-0.3, -0.25) is 15.0 Å². The third kappa shape index (κ3) is 3.07. The summed E-state index contributed by atoms with van der Waals surface area (Å²) in [6.07, 6.45) is 1.37. The molecular weight excluding hydrogens is 394 g/mol. The van der Waals surface area contributed by atoms with Gasteiger partial charge >= 0.3 is 0 Å². The number of hydrogen-bond acceptors (Lipinski definition) is 4. The standard InChI is InChI=1S/C24H17N3O2S/c1-15-20(17-8-3-2-4-9-17)21-23(30-15)25-14-27(24(21)29)26-22(28)19-12-11-16-7-5-6-10-18(16)13-19/h2-14H,1H3,(H,26,28). The Labute approximate surface area is 176 Å². The Morgan fingerprint density at radius 3 is 2.50 bits per heavy atom. The molecule has 146 valence electrons. The summed E-state index contributed by atoms with van der Waals surface area (Å²) < 4.78 is 1.17. The first-order valence-corrected chi connectivity index (χ1v) is 10.3. The Balaban J connectivity index is 1.57. The zero-order valence-electron chi connectivity index (χ0n) is 16.1. The first-order chi connectivity index (χ1) is 14.6. The minimum absolute atomic E-state index is 0.294. The largest absolute Gasteiger partial charge is 0.281 e. The summed E-state index contributed by atoms with van der Waals surface area (Å²) in [6, 6.07) is 23.0. The maximum atomic E-state index is 13.2. The van der Waals surface area contributed by atoms with Gasteiger partial charge in [0, 0.05) is 16.0 Å². The second kappa shape index (κ2) is 7.24. The fraction of sp³-hybridized carbons (Fsp3) is 0.0417.